The standard InChI is InChI=1S/C13H30N2S/c1-8-11(9-16-7)15(6)12(10(2)14)13(3,4)5/h10-12H,8-9,14H2,1-7H3. The van der Waals surface area contributed by atoms with Gasteiger partial charge >= 0.3 is 0 Å². The zero-order chi connectivity index (χ0) is 12.9. The molecule has 0 fully saturated rings. The van der Waals surface area contributed by atoms with Gasteiger partial charge in [0, 0.05) is 23.9 Å². The predicted molar refractivity (Wildman–Crippen MR) is 77.1 cm³/mol. The van der Waals surface area contributed by atoms with E-state index < -0.39 is 0 Å². The van der Waals surface area contributed by atoms with Crippen molar-refractivity contribution in [2.75, 3.05) is 19.1 Å². The Kier molecular flexibility index (Phi) is 6.99. The second-order valence-corrected chi connectivity index (χ2v) is 6.76. The highest BCUT2D eigenvalue weighted by Crippen LogP contribution is 2.28. The molecule has 3 atom stereocenters. The van der Waals surface area contributed by atoms with Crippen molar-refractivity contribution < 1.29 is 0 Å². The first kappa shape index (κ1) is 16.3. The van der Waals surface area contributed by atoms with Gasteiger partial charge in [-0.2, -0.15) is 11.8 Å². The van der Waals surface area contributed by atoms with Gasteiger partial charge in [-0.15, -0.1) is 0 Å². The molecule has 98 valence electrons. The minimum atomic E-state index is 0.209. The van der Waals surface area contributed by atoms with Gasteiger partial charge in [-0.05, 0) is 32.1 Å². The number of hydrogen-bond acceptors (Lipinski definition) is 3. The van der Waals surface area contributed by atoms with Crippen LogP contribution in [0.25, 0.3) is 0 Å². The third-order valence-corrected chi connectivity index (χ3v) is 3.95. The Morgan fingerprint density at radius 1 is 1.31 bits per heavy atom. The fourth-order valence-corrected chi connectivity index (χ4v) is 3.57. The lowest BCUT2D eigenvalue weighted by atomic mass is 9.81. The first-order chi connectivity index (χ1) is 7.25. The van der Waals surface area contributed by atoms with Gasteiger partial charge in [0.25, 0.3) is 0 Å². The molecule has 2 N–H and O–H groups in total. The predicted octanol–water partition coefficient (Wildman–Crippen LogP) is 2.82. The number of likely N-dealkylation sites (N-methyl/N-ethyl adjacent to an activating group) is 1. The fraction of sp³-hybridized carbons (Fsp3) is 1.00. The molecule has 16 heavy (non-hydrogen) atoms. The van der Waals surface area contributed by atoms with Crippen molar-refractivity contribution in [3.63, 3.8) is 0 Å². The van der Waals surface area contributed by atoms with Gasteiger partial charge < -0.3 is 5.73 Å². The van der Waals surface area contributed by atoms with E-state index in [2.05, 4.69) is 52.8 Å². The van der Waals surface area contributed by atoms with E-state index in [1.54, 1.807) is 0 Å². The Hall–Kier alpha value is 0.270. The van der Waals surface area contributed by atoms with Gasteiger partial charge in [0.05, 0.1) is 0 Å². The summed E-state index contributed by atoms with van der Waals surface area (Å²) < 4.78 is 0. The number of nitrogens with two attached hydrogens (primary N) is 1. The van der Waals surface area contributed by atoms with E-state index in [1.165, 1.54) is 12.2 Å². The molecule has 3 heteroatoms. The van der Waals surface area contributed by atoms with Gasteiger partial charge in [0.1, 0.15) is 0 Å². The van der Waals surface area contributed by atoms with E-state index in [4.69, 9.17) is 5.73 Å². The molecule has 0 aliphatic heterocycles. The summed E-state index contributed by atoms with van der Waals surface area (Å²) in [5, 5.41) is 0. The summed E-state index contributed by atoms with van der Waals surface area (Å²) in [5.41, 5.74) is 6.39. The minimum Gasteiger partial charge on any atom is -0.327 e. The number of thioether (sulfide) groups is 1. The summed E-state index contributed by atoms with van der Waals surface area (Å²) in [6.45, 7) is 11.2. The zero-order valence-corrected chi connectivity index (χ0v) is 12.9. The lowest BCUT2D eigenvalue weighted by Crippen LogP contribution is -2.55. The molecule has 0 saturated heterocycles. The van der Waals surface area contributed by atoms with Gasteiger partial charge in [-0.3, -0.25) is 4.90 Å². The molecule has 3 unspecified atom stereocenters. The van der Waals surface area contributed by atoms with E-state index in [0.29, 0.717) is 12.1 Å². The minimum absolute atomic E-state index is 0.209. The molecule has 0 heterocycles. The van der Waals surface area contributed by atoms with Crippen molar-refractivity contribution in [1.82, 2.24) is 4.90 Å². The molecule has 2 nitrogen and oxygen atoms in total. The van der Waals surface area contributed by atoms with Crippen molar-refractivity contribution in [2.45, 2.75) is 59.2 Å². The molecular weight excluding hydrogens is 216 g/mol. The third kappa shape index (κ3) is 4.64. The van der Waals surface area contributed by atoms with Crippen LogP contribution in [-0.4, -0.2) is 42.1 Å². The van der Waals surface area contributed by atoms with E-state index in [-0.39, 0.29) is 11.5 Å². The molecule has 0 bridgehead atoms. The molecule has 0 radical (unpaired) electrons. The normalized spacial score (nSPS) is 18.6. The van der Waals surface area contributed by atoms with Crippen LogP contribution in [0, 0.1) is 5.41 Å². The summed E-state index contributed by atoms with van der Waals surface area (Å²) in [4.78, 5) is 2.49. The number of rotatable bonds is 6. The number of nitrogens with zero attached hydrogens (tertiary/aromatic N) is 1. The Bertz CT molecular complexity index is 187. The van der Waals surface area contributed by atoms with Crippen LogP contribution in [0.1, 0.15) is 41.0 Å². The van der Waals surface area contributed by atoms with Crippen LogP contribution >= 0.6 is 11.8 Å². The summed E-state index contributed by atoms with van der Waals surface area (Å²) in [5.74, 6) is 1.19. The molecule has 0 aromatic rings. The van der Waals surface area contributed by atoms with Crippen molar-refractivity contribution >= 4 is 11.8 Å². The SMILES string of the molecule is CCC(CSC)N(C)C(C(C)N)C(C)(C)C. The van der Waals surface area contributed by atoms with E-state index >= 15 is 0 Å². The maximum Gasteiger partial charge on any atom is 0.0293 e. The molecular formula is C13H30N2S. The van der Waals surface area contributed by atoms with Crippen LogP contribution in [-0.2, 0) is 0 Å². The van der Waals surface area contributed by atoms with Crippen LogP contribution < -0.4 is 5.73 Å². The number of hydrogen-bond donors (Lipinski definition) is 1. The third-order valence-electron chi connectivity index (χ3n) is 3.23. The molecule has 0 aliphatic carbocycles. The summed E-state index contributed by atoms with van der Waals surface area (Å²) in [7, 11) is 2.23. The van der Waals surface area contributed by atoms with Crippen molar-refractivity contribution in [3.8, 4) is 0 Å². The second-order valence-electron chi connectivity index (χ2n) is 5.85. The van der Waals surface area contributed by atoms with Gasteiger partial charge in [0.2, 0.25) is 0 Å². The maximum absolute atomic E-state index is 6.16. The van der Waals surface area contributed by atoms with Gasteiger partial charge in [-0.25, -0.2) is 0 Å². The maximum atomic E-state index is 6.16. The molecule has 0 aliphatic rings. The van der Waals surface area contributed by atoms with Crippen molar-refractivity contribution in [3.05, 3.63) is 0 Å². The first-order valence-corrected chi connectivity index (χ1v) is 7.61. The van der Waals surface area contributed by atoms with Crippen LogP contribution in [0.5, 0.6) is 0 Å². The first-order valence-electron chi connectivity index (χ1n) is 6.22. The molecule has 0 saturated carbocycles. The van der Waals surface area contributed by atoms with Crippen molar-refractivity contribution in [1.29, 1.82) is 0 Å². The highest BCUT2D eigenvalue weighted by Gasteiger charge is 2.33. The molecule has 0 spiro atoms. The lowest BCUT2D eigenvalue weighted by molar-refractivity contribution is 0.0749. The molecule has 0 aromatic heterocycles. The Morgan fingerprint density at radius 2 is 1.81 bits per heavy atom. The second kappa shape index (κ2) is 6.87. The van der Waals surface area contributed by atoms with Crippen LogP contribution in [0.15, 0.2) is 0 Å². The largest absolute Gasteiger partial charge is 0.327 e. The van der Waals surface area contributed by atoms with Gasteiger partial charge in [-0.1, -0.05) is 27.7 Å². The molecule has 0 aromatic carbocycles. The fourth-order valence-electron chi connectivity index (χ4n) is 2.71. The van der Waals surface area contributed by atoms with Gasteiger partial charge in [0.15, 0.2) is 0 Å². The highest BCUT2D eigenvalue weighted by atomic mass is 32.2. The highest BCUT2D eigenvalue weighted by molar-refractivity contribution is 7.98. The average Bonchev–Trinajstić information content (AvgIpc) is 2.10. The lowest BCUT2D eigenvalue weighted by Gasteiger charge is -2.44. The topological polar surface area (TPSA) is 29.3 Å². The molecule has 0 rings (SSSR count). The monoisotopic (exact) mass is 246 g/mol. The van der Waals surface area contributed by atoms with Crippen LogP contribution in [0.2, 0.25) is 0 Å². The average molecular weight is 246 g/mol. The Labute approximate surface area is 106 Å². The Morgan fingerprint density at radius 3 is 2.06 bits per heavy atom. The van der Waals surface area contributed by atoms with E-state index in [1.807, 2.05) is 11.8 Å². The summed E-state index contributed by atoms with van der Waals surface area (Å²) in [6.07, 6.45) is 3.37. The van der Waals surface area contributed by atoms with Crippen LogP contribution in [0.4, 0.5) is 0 Å². The quantitative estimate of drug-likeness (QED) is 0.781. The van der Waals surface area contributed by atoms with E-state index in [0.717, 1.165) is 0 Å². The summed E-state index contributed by atoms with van der Waals surface area (Å²) in [6, 6.07) is 1.27. The Balaban J connectivity index is 4.78. The van der Waals surface area contributed by atoms with Crippen LogP contribution in [0.3, 0.4) is 0 Å². The smallest absolute Gasteiger partial charge is 0.0293 e. The molecule has 0 amide bonds. The van der Waals surface area contributed by atoms with Crippen molar-refractivity contribution in [2.24, 2.45) is 11.1 Å². The zero-order valence-electron chi connectivity index (χ0n) is 12.1. The summed E-state index contributed by atoms with van der Waals surface area (Å²) >= 11 is 1.92. The van der Waals surface area contributed by atoms with E-state index in [9.17, 15) is 0 Å².